The predicted octanol–water partition coefficient (Wildman–Crippen LogP) is 3.77. The Bertz CT molecular complexity index is 1040. The number of rotatable bonds is 6. The average Bonchev–Trinajstić information content (AvgIpc) is 3.44. The van der Waals surface area contributed by atoms with Crippen LogP contribution in [0.4, 0.5) is 5.82 Å². The number of hydrogen-bond donors (Lipinski definition) is 1. The average molecular weight is 388 g/mol. The molecule has 148 valence electrons. The number of carbonyl (C=O) groups excluding carboxylic acids is 1. The van der Waals surface area contributed by atoms with E-state index >= 15 is 0 Å². The minimum absolute atomic E-state index is 0.0348. The van der Waals surface area contributed by atoms with Crippen molar-refractivity contribution in [2.45, 2.75) is 32.6 Å². The predicted molar refractivity (Wildman–Crippen MR) is 111 cm³/mol. The lowest BCUT2D eigenvalue weighted by Gasteiger charge is -2.19. The van der Waals surface area contributed by atoms with Gasteiger partial charge in [-0.2, -0.15) is 0 Å². The number of nitrogens with zero attached hydrogens (tertiary/aromatic N) is 3. The van der Waals surface area contributed by atoms with Gasteiger partial charge in [0.15, 0.2) is 5.75 Å². The first-order chi connectivity index (χ1) is 14.0. The van der Waals surface area contributed by atoms with Crippen LogP contribution >= 0.6 is 0 Å². The molecule has 2 atom stereocenters. The van der Waals surface area contributed by atoms with E-state index in [0.717, 1.165) is 23.4 Å². The lowest BCUT2D eigenvalue weighted by molar-refractivity contribution is -0.117. The van der Waals surface area contributed by atoms with E-state index in [2.05, 4.69) is 32.4 Å². The summed E-state index contributed by atoms with van der Waals surface area (Å²) in [7, 11) is 0. The van der Waals surface area contributed by atoms with E-state index < -0.39 is 0 Å². The Kier molecular flexibility index (Phi) is 5.01. The van der Waals surface area contributed by atoms with Crippen LogP contribution < -0.4 is 10.1 Å². The van der Waals surface area contributed by atoms with Crippen molar-refractivity contribution in [1.29, 1.82) is 0 Å². The third-order valence-electron chi connectivity index (χ3n) is 5.42. The molecular formula is C23H24N4O2. The van der Waals surface area contributed by atoms with Crippen molar-refractivity contribution in [2.24, 2.45) is 5.92 Å². The van der Waals surface area contributed by atoms with E-state index in [9.17, 15) is 4.79 Å². The fourth-order valence-electron chi connectivity index (χ4n) is 3.73. The quantitative estimate of drug-likeness (QED) is 0.695. The summed E-state index contributed by atoms with van der Waals surface area (Å²) in [4.78, 5) is 25.9. The van der Waals surface area contributed by atoms with E-state index in [1.165, 1.54) is 0 Å². The first-order valence-corrected chi connectivity index (χ1v) is 9.71. The SMILES string of the molecule is Cc1cccc(NC(=O)[C@@H]2C[C@@]2(COc2cnc(C)nc2C)c2ccccc2)n1. The Morgan fingerprint density at radius 2 is 1.90 bits per heavy atom. The lowest BCUT2D eigenvalue weighted by Crippen LogP contribution is -2.27. The maximum absolute atomic E-state index is 13.0. The fraction of sp³-hybridized carbons (Fsp3) is 0.304. The number of carbonyl (C=O) groups is 1. The van der Waals surface area contributed by atoms with E-state index in [1.807, 2.05) is 51.1 Å². The topological polar surface area (TPSA) is 77.0 Å². The minimum Gasteiger partial charge on any atom is -0.489 e. The van der Waals surface area contributed by atoms with Gasteiger partial charge < -0.3 is 10.1 Å². The molecule has 1 fully saturated rings. The molecule has 1 aliphatic carbocycles. The largest absolute Gasteiger partial charge is 0.489 e. The number of nitrogens with one attached hydrogen (secondary N) is 1. The third kappa shape index (κ3) is 3.97. The number of anilines is 1. The Morgan fingerprint density at radius 3 is 2.62 bits per heavy atom. The standard InChI is InChI=1S/C23H24N4O2/c1-15-8-7-11-21(25-15)27-22(28)19-12-23(19,18-9-5-4-6-10-18)14-29-20-13-24-17(3)26-16(20)2/h4-11,13,19H,12,14H2,1-3H3,(H,25,27,28)/t19-,23+/m0/s1. The monoisotopic (exact) mass is 388 g/mol. The van der Waals surface area contributed by atoms with Crippen LogP contribution in [0, 0.1) is 26.7 Å². The maximum atomic E-state index is 13.0. The Hall–Kier alpha value is -3.28. The zero-order chi connectivity index (χ0) is 20.4. The number of ether oxygens (including phenoxy) is 1. The highest BCUT2D eigenvalue weighted by atomic mass is 16.5. The molecule has 1 aliphatic rings. The minimum atomic E-state index is -0.369. The van der Waals surface area contributed by atoms with Crippen molar-refractivity contribution in [1.82, 2.24) is 15.0 Å². The van der Waals surface area contributed by atoms with Crippen molar-refractivity contribution in [3.05, 3.63) is 77.5 Å². The summed E-state index contributed by atoms with van der Waals surface area (Å²) < 4.78 is 6.10. The van der Waals surface area contributed by atoms with Crippen LogP contribution in [0.3, 0.4) is 0 Å². The summed E-state index contributed by atoms with van der Waals surface area (Å²) in [6.07, 6.45) is 2.42. The molecule has 1 N–H and O–H groups in total. The molecule has 29 heavy (non-hydrogen) atoms. The normalized spacial score (nSPS) is 20.2. The van der Waals surface area contributed by atoms with Crippen LogP contribution in [0.5, 0.6) is 5.75 Å². The molecular weight excluding hydrogens is 364 g/mol. The molecule has 0 unspecified atom stereocenters. The number of benzene rings is 1. The van der Waals surface area contributed by atoms with Gasteiger partial charge in [0.1, 0.15) is 11.6 Å². The first-order valence-electron chi connectivity index (χ1n) is 9.71. The Morgan fingerprint density at radius 1 is 1.10 bits per heavy atom. The van der Waals surface area contributed by atoms with Gasteiger partial charge in [-0.25, -0.2) is 15.0 Å². The summed E-state index contributed by atoms with van der Waals surface area (Å²) in [6, 6.07) is 15.7. The van der Waals surface area contributed by atoms with Crippen LogP contribution in [0.25, 0.3) is 0 Å². The highest BCUT2D eigenvalue weighted by Gasteiger charge is 2.60. The van der Waals surface area contributed by atoms with E-state index in [1.54, 1.807) is 12.3 Å². The zero-order valence-electron chi connectivity index (χ0n) is 16.8. The van der Waals surface area contributed by atoms with Gasteiger partial charge in [0, 0.05) is 11.1 Å². The second-order valence-electron chi connectivity index (χ2n) is 7.59. The first kappa shape index (κ1) is 19.1. The molecule has 1 saturated carbocycles. The van der Waals surface area contributed by atoms with Gasteiger partial charge in [-0.1, -0.05) is 36.4 Å². The van der Waals surface area contributed by atoms with Gasteiger partial charge >= 0.3 is 0 Å². The van der Waals surface area contributed by atoms with Gasteiger partial charge in [0.2, 0.25) is 5.91 Å². The lowest BCUT2D eigenvalue weighted by atomic mass is 9.93. The molecule has 3 aromatic rings. The van der Waals surface area contributed by atoms with Crippen molar-refractivity contribution < 1.29 is 9.53 Å². The molecule has 1 amide bonds. The van der Waals surface area contributed by atoms with Gasteiger partial charge in [0.25, 0.3) is 0 Å². The summed E-state index contributed by atoms with van der Waals surface area (Å²) in [5.41, 5.74) is 2.40. The number of pyridine rings is 1. The highest BCUT2D eigenvalue weighted by Crippen LogP contribution is 2.55. The molecule has 0 bridgehead atoms. The molecule has 6 nitrogen and oxygen atoms in total. The van der Waals surface area contributed by atoms with Gasteiger partial charge in [-0.15, -0.1) is 0 Å². The number of hydrogen-bond acceptors (Lipinski definition) is 5. The summed E-state index contributed by atoms with van der Waals surface area (Å²) in [5, 5.41) is 2.96. The zero-order valence-corrected chi connectivity index (χ0v) is 16.8. The second kappa shape index (κ2) is 7.62. The molecule has 0 aliphatic heterocycles. The second-order valence-corrected chi connectivity index (χ2v) is 7.59. The molecule has 4 rings (SSSR count). The molecule has 1 aromatic carbocycles. The van der Waals surface area contributed by atoms with Crippen molar-refractivity contribution in [3.63, 3.8) is 0 Å². The van der Waals surface area contributed by atoms with E-state index in [0.29, 0.717) is 24.0 Å². The third-order valence-corrected chi connectivity index (χ3v) is 5.42. The Balaban J connectivity index is 1.54. The van der Waals surface area contributed by atoms with Gasteiger partial charge in [0.05, 0.1) is 24.4 Å². The van der Waals surface area contributed by atoms with Gasteiger partial charge in [-0.05, 0) is 44.9 Å². The number of amides is 1. The van der Waals surface area contributed by atoms with Crippen LogP contribution in [-0.4, -0.2) is 27.5 Å². The fourth-order valence-corrected chi connectivity index (χ4v) is 3.73. The van der Waals surface area contributed by atoms with Crippen molar-refractivity contribution >= 4 is 11.7 Å². The van der Waals surface area contributed by atoms with Crippen LogP contribution in [0.2, 0.25) is 0 Å². The molecule has 0 radical (unpaired) electrons. The van der Waals surface area contributed by atoms with Crippen molar-refractivity contribution in [3.8, 4) is 5.75 Å². The summed E-state index contributed by atoms with van der Waals surface area (Å²) in [5.74, 6) is 1.72. The summed E-state index contributed by atoms with van der Waals surface area (Å²) in [6.45, 7) is 6.05. The van der Waals surface area contributed by atoms with Crippen LogP contribution in [0.1, 0.15) is 29.2 Å². The van der Waals surface area contributed by atoms with E-state index in [-0.39, 0.29) is 17.2 Å². The highest BCUT2D eigenvalue weighted by molar-refractivity contribution is 5.95. The molecule has 0 saturated heterocycles. The molecule has 0 spiro atoms. The molecule has 2 aromatic heterocycles. The van der Waals surface area contributed by atoms with Crippen LogP contribution in [-0.2, 0) is 10.2 Å². The number of aryl methyl sites for hydroxylation is 3. The van der Waals surface area contributed by atoms with Crippen molar-refractivity contribution in [2.75, 3.05) is 11.9 Å². The molecule has 6 heteroatoms. The van der Waals surface area contributed by atoms with Gasteiger partial charge in [-0.3, -0.25) is 4.79 Å². The van der Waals surface area contributed by atoms with Crippen LogP contribution in [0.15, 0.2) is 54.7 Å². The number of aromatic nitrogens is 3. The smallest absolute Gasteiger partial charge is 0.229 e. The summed E-state index contributed by atoms with van der Waals surface area (Å²) >= 11 is 0. The molecule has 2 heterocycles. The Labute approximate surface area is 170 Å². The van der Waals surface area contributed by atoms with E-state index in [4.69, 9.17) is 4.74 Å². The maximum Gasteiger partial charge on any atom is 0.229 e.